The van der Waals surface area contributed by atoms with Crippen LogP contribution in [-0.4, -0.2) is 58.1 Å². The van der Waals surface area contributed by atoms with Crippen LogP contribution in [-0.2, 0) is 14.8 Å². The van der Waals surface area contributed by atoms with Gasteiger partial charge in [0.2, 0.25) is 5.91 Å². The van der Waals surface area contributed by atoms with Gasteiger partial charge in [0.1, 0.15) is 12.3 Å². The van der Waals surface area contributed by atoms with Gasteiger partial charge in [-0.15, -0.1) is 0 Å². The zero-order valence-corrected chi connectivity index (χ0v) is 19.1. The minimum atomic E-state index is -4.49. The van der Waals surface area contributed by atoms with Crippen LogP contribution < -0.4 is 14.8 Å². The number of amides is 2. The molecule has 1 heterocycles. The Bertz CT molecular complexity index is 1130. The molecule has 12 heteroatoms. The third-order valence-corrected chi connectivity index (χ3v) is 6.73. The third-order valence-electron chi connectivity index (χ3n) is 5.35. The average Bonchev–Trinajstić information content (AvgIpc) is 2.82. The lowest BCUT2D eigenvalue weighted by Crippen LogP contribution is -2.44. The van der Waals surface area contributed by atoms with Crippen molar-refractivity contribution in [2.24, 2.45) is 5.92 Å². The Morgan fingerprint density at radius 1 is 1.09 bits per heavy atom. The van der Waals surface area contributed by atoms with Crippen LogP contribution in [0, 0.1) is 5.92 Å². The van der Waals surface area contributed by atoms with Gasteiger partial charge in [-0.2, -0.15) is 13.2 Å². The molecule has 1 saturated heterocycles. The van der Waals surface area contributed by atoms with E-state index in [4.69, 9.17) is 4.74 Å². The van der Waals surface area contributed by atoms with E-state index < -0.39 is 40.5 Å². The second-order valence-electron chi connectivity index (χ2n) is 7.76. The summed E-state index contributed by atoms with van der Waals surface area (Å²) in [6, 6.07) is 11.8. The maximum Gasteiger partial charge on any atom is 0.405 e. The zero-order valence-electron chi connectivity index (χ0n) is 18.3. The predicted octanol–water partition coefficient (Wildman–Crippen LogP) is 3.03. The van der Waals surface area contributed by atoms with E-state index in [1.54, 1.807) is 24.3 Å². The maximum atomic E-state index is 12.9. The summed E-state index contributed by atoms with van der Waals surface area (Å²) in [4.78, 5) is 26.2. The molecule has 34 heavy (non-hydrogen) atoms. The van der Waals surface area contributed by atoms with Crippen LogP contribution in [0.2, 0.25) is 0 Å². The summed E-state index contributed by atoms with van der Waals surface area (Å²) in [5.74, 6) is -1.17. The molecule has 1 fully saturated rings. The molecule has 0 atom stereocenters. The molecule has 2 aromatic rings. The van der Waals surface area contributed by atoms with Gasteiger partial charge in [0.25, 0.3) is 15.9 Å². The summed E-state index contributed by atoms with van der Waals surface area (Å²) < 4.78 is 69.9. The fourth-order valence-corrected chi connectivity index (χ4v) is 4.63. The van der Waals surface area contributed by atoms with E-state index in [-0.39, 0.29) is 36.4 Å². The lowest BCUT2D eigenvalue weighted by Gasteiger charge is -2.31. The summed E-state index contributed by atoms with van der Waals surface area (Å²) in [6.45, 7) is -1.05. The highest BCUT2D eigenvalue weighted by atomic mass is 32.2. The number of alkyl halides is 3. The summed E-state index contributed by atoms with van der Waals surface area (Å²) in [6.07, 6.45) is -4.06. The normalized spacial score (nSPS) is 15.0. The summed E-state index contributed by atoms with van der Waals surface area (Å²) in [5.41, 5.74) is 0.473. The highest BCUT2D eigenvalue weighted by Gasteiger charge is 2.32. The van der Waals surface area contributed by atoms with Gasteiger partial charge in [0.05, 0.1) is 12.0 Å². The predicted molar refractivity (Wildman–Crippen MR) is 118 cm³/mol. The molecule has 1 aliphatic rings. The van der Waals surface area contributed by atoms with E-state index in [1.807, 2.05) is 5.32 Å². The number of piperidine rings is 1. The largest absolute Gasteiger partial charge is 0.497 e. The molecule has 0 bridgehead atoms. The second-order valence-corrected chi connectivity index (χ2v) is 9.44. The van der Waals surface area contributed by atoms with Crippen molar-refractivity contribution in [2.75, 3.05) is 31.5 Å². The van der Waals surface area contributed by atoms with Crippen molar-refractivity contribution >= 4 is 27.5 Å². The number of hydrogen-bond acceptors (Lipinski definition) is 5. The number of nitrogens with one attached hydrogen (secondary N) is 2. The third kappa shape index (κ3) is 6.62. The van der Waals surface area contributed by atoms with Crippen LogP contribution in [0.25, 0.3) is 0 Å². The SMILES string of the molecule is COc1ccc(NS(=O)(=O)c2cccc(C(=O)N3CCC(C(=O)NCC(F)(F)F)CC3)c2)cc1. The molecule has 1 aliphatic heterocycles. The molecule has 0 radical (unpaired) electrons. The standard InChI is InChI=1S/C22H24F3N3O5S/c1-33-18-7-5-17(6-8-18)27-34(31,32)19-4-2-3-16(13-19)21(30)28-11-9-15(10-12-28)20(29)26-14-22(23,24)25/h2-8,13,15,27H,9-12,14H2,1H3,(H,26,29). The lowest BCUT2D eigenvalue weighted by molar-refractivity contribution is -0.141. The number of nitrogens with zero attached hydrogens (tertiary/aromatic N) is 1. The number of halogens is 3. The van der Waals surface area contributed by atoms with Gasteiger partial charge in [-0.3, -0.25) is 14.3 Å². The summed E-state index contributed by atoms with van der Waals surface area (Å²) in [5, 5.41) is 1.87. The molecule has 0 aromatic heterocycles. The van der Waals surface area contributed by atoms with Gasteiger partial charge in [-0.1, -0.05) is 6.07 Å². The molecule has 0 spiro atoms. The minimum Gasteiger partial charge on any atom is -0.497 e. The lowest BCUT2D eigenvalue weighted by atomic mass is 9.95. The van der Waals surface area contributed by atoms with Gasteiger partial charge in [0, 0.05) is 30.3 Å². The minimum absolute atomic E-state index is 0.101. The highest BCUT2D eigenvalue weighted by Crippen LogP contribution is 2.23. The molecule has 2 amide bonds. The van der Waals surface area contributed by atoms with Crippen LogP contribution >= 0.6 is 0 Å². The van der Waals surface area contributed by atoms with E-state index in [0.717, 1.165) is 0 Å². The number of carbonyl (C=O) groups is 2. The van der Waals surface area contributed by atoms with E-state index in [0.29, 0.717) is 11.4 Å². The number of likely N-dealkylation sites (tertiary alicyclic amines) is 1. The van der Waals surface area contributed by atoms with Crippen molar-refractivity contribution in [1.29, 1.82) is 0 Å². The highest BCUT2D eigenvalue weighted by molar-refractivity contribution is 7.92. The van der Waals surface area contributed by atoms with Crippen LogP contribution in [0.3, 0.4) is 0 Å². The zero-order chi connectivity index (χ0) is 24.9. The van der Waals surface area contributed by atoms with Gasteiger partial charge in [-0.25, -0.2) is 8.42 Å². The molecule has 3 rings (SSSR count). The first-order valence-corrected chi connectivity index (χ1v) is 11.9. The molecule has 2 N–H and O–H groups in total. The monoisotopic (exact) mass is 499 g/mol. The maximum absolute atomic E-state index is 12.9. The fourth-order valence-electron chi connectivity index (χ4n) is 3.53. The van der Waals surface area contributed by atoms with Gasteiger partial charge in [0.15, 0.2) is 0 Å². The number of anilines is 1. The Labute approximate surface area is 195 Å². The number of sulfonamides is 1. The molecular weight excluding hydrogens is 475 g/mol. The van der Waals surface area contributed by atoms with E-state index in [9.17, 15) is 31.2 Å². The first kappa shape index (κ1) is 25.3. The van der Waals surface area contributed by atoms with Gasteiger partial charge < -0.3 is 15.0 Å². The number of ether oxygens (including phenoxy) is 1. The van der Waals surface area contributed by atoms with Crippen molar-refractivity contribution in [3.8, 4) is 5.75 Å². The average molecular weight is 500 g/mol. The number of benzene rings is 2. The summed E-state index contributed by atoms with van der Waals surface area (Å²) >= 11 is 0. The number of carbonyl (C=O) groups excluding carboxylic acids is 2. The van der Waals surface area contributed by atoms with E-state index >= 15 is 0 Å². The quantitative estimate of drug-likeness (QED) is 0.610. The number of methoxy groups -OCH3 is 1. The van der Waals surface area contributed by atoms with Crippen LogP contribution in [0.4, 0.5) is 18.9 Å². The Kier molecular flexibility index (Phi) is 7.70. The molecule has 8 nitrogen and oxygen atoms in total. The Balaban J connectivity index is 1.63. The van der Waals surface area contributed by atoms with Crippen molar-refractivity contribution in [3.63, 3.8) is 0 Å². The Morgan fingerprint density at radius 3 is 2.32 bits per heavy atom. The van der Waals surface area contributed by atoms with E-state index in [1.165, 1.54) is 36.3 Å². The first-order chi connectivity index (χ1) is 16.0. The van der Waals surface area contributed by atoms with Crippen LogP contribution in [0.1, 0.15) is 23.2 Å². The van der Waals surface area contributed by atoms with Crippen molar-refractivity contribution in [2.45, 2.75) is 23.9 Å². The molecule has 184 valence electrons. The molecule has 0 unspecified atom stereocenters. The van der Waals surface area contributed by atoms with Crippen LogP contribution in [0.5, 0.6) is 5.75 Å². The molecule has 2 aromatic carbocycles. The Hall–Kier alpha value is -3.28. The number of rotatable bonds is 7. The second kappa shape index (κ2) is 10.3. The van der Waals surface area contributed by atoms with Crippen molar-refractivity contribution in [1.82, 2.24) is 10.2 Å². The first-order valence-electron chi connectivity index (χ1n) is 10.4. The number of hydrogen-bond donors (Lipinski definition) is 2. The van der Waals surface area contributed by atoms with Crippen molar-refractivity contribution in [3.05, 3.63) is 54.1 Å². The molecule has 0 saturated carbocycles. The fraction of sp³-hybridized carbons (Fsp3) is 0.364. The molecule has 0 aliphatic carbocycles. The topological polar surface area (TPSA) is 105 Å². The van der Waals surface area contributed by atoms with Crippen molar-refractivity contribution < 1.29 is 35.9 Å². The summed E-state index contributed by atoms with van der Waals surface area (Å²) in [7, 11) is -2.47. The molecular formula is C22H24F3N3O5S. The van der Waals surface area contributed by atoms with Crippen LogP contribution in [0.15, 0.2) is 53.4 Å². The van der Waals surface area contributed by atoms with Gasteiger partial charge >= 0.3 is 6.18 Å². The van der Waals surface area contributed by atoms with E-state index in [2.05, 4.69) is 4.72 Å². The smallest absolute Gasteiger partial charge is 0.405 e. The Morgan fingerprint density at radius 2 is 1.74 bits per heavy atom. The van der Waals surface area contributed by atoms with Gasteiger partial charge in [-0.05, 0) is 55.3 Å².